The van der Waals surface area contributed by atoms with E-state index >= 15 is 0 Å². The molecule has 1 heterocycles. The Morgan fingerprint density at radius 3 is 2.09 bits per heavy atom. The molecule has 32 heavy (non-hydrogen) atoms. The first-order valence-electron chi connectivity index (χ1n) is 9.89. The van der Waals surface area contributed by atoms with Gasteiger partial charge >= 0.3 is 0 Å². The summed E-state index contributed by atoms with van der Waals surface area (Å²) in [6.45, 7) is 1.28. The van der Waals surface area contributed by atoms with Crippen LogP contribution in [0.3, 0.4) is 0 Å². The fourth-order valence-electron chi connectivity index (χ4n) is 3.43. The van der Waals surface area contributed by atoms with Crippen molar-refractivity contribution in [3.05, 3.63) is 58.4 Å². The highest BCUT2D eigenvalue weighted by Crippen LogP contribution is 2.38. The van der Waals surface area contributed by atoms with Gasteiger partial charge in [-0.2, -0.15) is 0 Å². The Labute approximate surface area is 190 Å². The van der Waals surface area contributed by atoms with Gasteiger partial charge in [-0.15, -0.1) is 0 Å². The molecule has 0 N–H and O–H groups in total. The van der Waals surface area contributed by atoms with Crippen LogP contribution in [0, 0.1) is 5.82 Å². The topological polar surface area (TPSA) is 68.3 Å². The first kappa shape index (κ1) is 23.4. The molecule has 0 atom stereocenters. The molecule has 3 rings (SSSR count). The Hall–Kier alpha value is -3.26. The SMILES string of the molecule is COc1cc(C=CC(=O)N2CCN(C(=O)c3cc(Cl)ccc3F)CC2)cc(OC)c1OC. The number of rotatable bonds is 6. The predicted octanol–water partition coefficient (Wildman–Crippen LogP) is 3.50. The number of ether oxygens (including phenoxy) is 3. The molecule has 0 aromatic heterocycles. The molecule has 0 radical (unpaired) electrons. The second-order valence-electron chi connectivity index (χ2n) is 7.03. The molecule has 0 saturated carbocycles. The first-order valence-corrected chi connectivity index (χ1v) is 10.3. The predicted molar refractivity (Wildman–Crippen MR) is 119 cm³/mol. The van der Waals surface area contributed by atoms with Gasteiger partial charge in [0.15, 0.2) is 11.5 Å². The van der Waals surface area contributed by atoms with Crippen molar-refractivity contribution in [1.29, 1.82) is 0 Å². The monoisotopic (exact) mass is 462 g/mol. The zero-order valence-corrected chi connectivity index (χ0v) is 18.8. The maximum absolute atomic E-state index is 14.0. The summed E-state index contributed by atoms with van der Waals surface area (Å²) in [4.78, 5) is 28.4. The van der Waals surface area contributed by atoms with Crippen LogP contribution in [0.5, 0.6) is 17.2 Å². The van der Waals surface area contributed by atoms with Crippen LogP contribution >= 0.6 is 11.6 Å². The zero-order valence-electron chi connectivity index (χ0n) is 18.1. The fraction of sp³-hybridized carbons (Fsp3) is 0.304. The van der Waals surface area contributed by atoms with Crippen molar-refractivity contribution in [2.45, 2.75) is 0 Å². The van der Waals surface area contributed by atoms with Crippen LogP contribution in [0.4, 0.5) is 4.39 Å². The molecule has 1 aliphatic rings. The van der Waals surface area contributed by atoms with Crippen LogP contribution in [0.15, 0.2) is 36.4 Å². The normalized spacial score (nSPS) is 13.9. The minimum atomic E-state index is -0.619. The van der Waals surface area contributed by atoms with Crippen LogP contribution in [0.25, 0.3) is 6.08 Å². The average Bonchev–Trinajstić information content (AvgIpc) is 2.82. The van der Waals surface area contributed by atoms with E-state index in [9.17, 15) is 14.0 Å². The second-order valence-corrected chi connectivity index (χ2v) is 7.47. The Balaban J connectivity index is 1.64. The van der Waals surface area contributed by atoms with Gasteiger partial charge in [0.25, 0.3) is 5.91 Å². The lowest BCUT2D eigenvalue weighted by atomic mass is 10.1. The van der Waals surface area contributed by atoms with E-state index in [4.69, 9.17) is 25.8 Å². The van der Waals surface area contributed by atoms with Crippen molar-refractivity contribution in [2.24, 2.45) is 0 Å². The van der Waals surface area contributed by atoms with Crippen LogP contribution in [0.2, 0.25) is 5.02 Å². The second kappa shape index (κ2) is 10.4. The summed E-state index contributed by atoms with van der Waals surface area (Å²) in [5, 5.41) is 0.292. The van der Waals surface area contributed by atoms with Crippen LogP contribution in [-0.4, -0.2) is 69.1 Å². The third-order valence-corrected chi connectivity index (χ3v) is 5.38. The maximum Gasteiger partial charge on any atom is 0.257 e. The number of nitrogens with zero attached hydrogens (tertiary/aromatic N) is 2. The highest BCUT2D eigenvalue weighted by Gasteiger charge is 2.25. The summed E-state index contributed by atoms with van der Waals surface area (Å²) in [5.41, 5.74) is 0.637. The first-order chi connectivity index (χ1) is 15.4. The number of carbonyl (C=O) groups excluding carboxylic acids is 2. The van der Waals surface area contributed by atoms with Crippen molar-refractivity contribution in [2.75, 3.05) is 47.5 Å². The standard InChI is InChI=1S/C23H24ClFN2O5/c1-30-19-12-15(13-20(31-2)22(19)32-3)4-7-21(28)26-8-10-27(11-9-26)23(29)17-14-16(24)5-6-18(17)25/h4-7,12-14H,8-11H2,1-3H3. The van der Waals surface area contributed by atoms with Crippen LogP contribution < -0.4 is 14.2 Å². The van der Waals surface area contributed by atoms with Crippen LogP contribution in [0.1, 0.15) is 15.9 Å². The number of hydrogen-bond donors (Lipinski definition) is 0. The number of benzene rings is 2. The van der Waals surface area contributed by atoms with Gasteiger partial charge in [0.2, 0.25) is 11.7 Å². The molecule has 0 aliphatic carbocycles. The summed E-state index contributed by atoms with van der Waals surface area (Å²) >= 11 is 5.88. The molecule has 2 amide bonds. The maximum atomic E-state index is 14.0. The fourth-order valence-corrected chi connectivity index (χ4v) is 3.60. The molecule has 2 aromatic carbocycles. The van der Waals surface area contributed by atoms with E-state index in [2.05, 4.69) is 0 Å². The number of carbonyl (C=O) groups is 2. The molecular formula is C23H24ClFN2O5. The zero-order chi connectivity index (χ0) is 23.3. The summed E-state index contributed by atoms with van der Waals surface area (Å²) < 4.78 is 29.9. The minimum absolute atomic E-state index is 0.0698. The van der Waals surface area contributed by atoms with Crippen molar-refractivity contribution in [3.8, 4) is 17.2 Å². The number of piperazine rings is 1. The van der Waals surface area contributed by atoms with Gasteiger partial charge in [-0.25, -0.2) is 4.39 Å². The van der Waals surface area contributed by atoms with E-state index in [0.717, 1.165) is 0 Å². The number of hydrogen-bond acceptors (Lipinski definition) is 5. The van der Waals surface area contributed by atoms with Gasteiger partial charge in [-0.05, 0) is 42.0 Å². The van der Waals surface area contributed by atoms with E-state index in [-0.39, 0.29) is 11.5 Å². The molecule has 7 nitrogen and oxygen atoms in total. The van der Waals surface area contributed by atoms with E-state index in [1.807, 2.05) is 0 Å². The number of halogens is 2. The average molecular weight is 463 g/mol. The van der Waals surface area contributed by atoms with Crippen LogP contribution in [-0.2, 0) is 4.79 Å². The number of methoxy groups -OCH3 is 3. The lowest BCUT2D eigenvalue weighted by Crippen LogP contribution is -2.50. The van der Waals surface area contributed by atoms with Gasteiger partial charge in [-0.3, -0.25) is 9.59 Å². The molecule has 1 saturated heterocycles. The Morgan fingerprint density at radius 2 is 1.53 bits per heavy atom. The molecule has 0 unspecified atom stereocenters. The summed E-state index contributed by atoms with van der Waals surface area (Å²) in [6, 6.07) is 7.35. The summed E-state index contributed by atoms with van der Waals surface area (Å²) in [6.07, 6.45) is 3.11. The number of amides is 2. The third-order valence-electron chi connectivity index (χ3n) is 5.14. The highest BCUT2D eigenvalue weighted by atomic mass is 35.5. The molecule has 1 fully saturated rings. The summed E-state index contributed by atoms with van der Waals surface area (Å²) in [5.74, 6) is 0.185. The molecule has 1 aliphatic heterocycles. The van der Waals surface area contributed by atoms with Gasteiger partial charge in [-0.1, -0.05) is 11.6 Å². The van der Waals surface area contributed by atoms with Crippen molar-refractivity contribution in [1.82, 2.24) is 9.80 Å². The minimum Gasteiger partial charge on any atom is -0.493 e. The van der Waals surface area contributed by atoms with Gasteiger partial charge in [0.05, 0.1) is 26.9 Å². The lowest BCUT2D eigenvalue weighted by Gasteiger charge is -2.34. The van der Waals surface area contributed by atoms with E-state index in [1.165, 1.54) is 50.5 Å². The van der Waals surface area contributed by atoms with Crippen molar-refractivity contribution < 1.29 is 28.2 Å². The smallest absolute Gasteiger partial charge is 0.257 e. The molecule has 9 heteroatoms. The molecule has 170 valence electrons. The van der Waals surface area contributed by atoms with Gasteiger partial charge in [0, 0.05) is 37.3 Å². The summed E-state index contributed by atoms with van der Waals surface area (Å²) in [7, 11) is 4.56. The van der Waals surface area contributed by atoms with Crippen molar-refractivity contribution in [3.63, 3.8) is 0 Å². The van der Waals surface area contributed by atoms with Crippen molar-refractivity contribution >= 4 is 29.5 Å². The molecular weight excluding hydrogens is 439 g/mol. The molecule has 2 aromatic rings. The van der Waals surface area contributed by atoms with Gasteiger partial charge < -0.3 is 24.0 Å². The molecule has 0 bridgehead atoms. The van der Waals surface area contributed by atoms with E-state index in [0.29, 0.717) is 54.0 Å². The largest absolute Gasteiger partial charge is 0.493 e. The third kappa shape index (κ3) is 5.13. The van der Waals surface area contributed by atoms with E-state index in [1.54, 1.807) is 23.1 Å². The van der Waals surface area contributed by atoms with E-state index < -0.39 is 11.7 Å². The lowest BCUT2D eigenvalue weighted by molar-refractivity contribution is -0.127. The van der Waals surface area contributed by atoms with Gasteiger partial charge in [0.1, 0.15) is 5.82 Å². The Kier molecular flexibility index (Phi) is 7.58. The quantitative estimate of drug-likeness (QED) is 0.615. The Bertz CT molecular complexity index is 1010. The Morgan fingerprint density at radius 1 is 0.938 bits per heavy atom. The highest BCUT2D eigenvalue weighted by molar-refractivity contribution is 6.31. The molecule has 0 spiro atoms.